The Bertz CT molecular complexity index is 1580. The number of benzene rings is 2. The number of piperazine rings is 1. The lowest BCUT2D eigenvalue weighted by Crippen LogP contribution is -2.55. The van der Waals surface area contributed by atoms with Crippen LogP contribution in [-0.2, 0) is 33.9 Å². The number of Topliss-reactive ketones (excluding diaryl/α,β-unsaturated/α-hetero) is 1. The van der Waals surface area contributed by atoms with Crippen molar-refractivity contribution >= 4 is 29.2 Å². The van der Waals surface area contributed by atoms with Gasteiger partial charge in [0.15, 0.2) is 5.78 Å². The molecule has 1 aliphatic carbocycles. The van der Waals surface area contributed by atoms with Crippen LogP contribution in [0.25, 0.3) is 0 Å². The molecule has 2 heterocycles. The van der Waals surface area contributed by atoms with E-state index >= 15 is 4.39 Å². The fourth-order valence-electron chi connectivity index (χ4n) is 7.07. The van der Waals surface area contributed by atoms with Gasteiger partial charge in [-0.2, -0.15) is 5.10 Å². The van der Waals surface area contributed by atoms with Gasteiger partial charge in [0.05, 0.1) is 5.69 Å². The minimum Gasteiger partial charge on any atom is -0.344 e. The van der Waals surface area contributed by atoms with Crippen molar-refractivity contribution in [3.05, 3.63) is 83.4 Å². The van der Waals surface area contributed by atoms with Crippen LogP contribution in [0.3, 0.4) is 0 Å². The maximum Gasteiger partial charge on any atom is 0.245 e. The molecular formula is C38H49FN6O4. The zero-order valence-corrected chi connectivity index (χ0v) is 28.7. The topological polar surface area (TPSA) is 117 Å². The molecule has 49 heavy (non-hydrogen) atoms. The monoisotopic (exact) mass is 672 g/mol. The second kappa shape index (κ2) is 17.3. The molecule has 10 nitrogen and oxygen atoms in total. The van der Waals surface area contributed by atoms with E-state index in [9.17, 15) is 19.2 Å². The van der Waals surface area contributed by atoms with E-state index in [4.69, 9.17) is 0 Å². The molecule has 1 saturated heterocycles. The number of ketones is 1. The third-order valence-corrected chi connectivity index (χ3v) is 9.88. The highest BCUT2D eigenvalue weighted by Gasteiger charge is 2.33. The van der Waals surface area contributed by atoms with E-state index in [-0.39, 0.29) is 54.4 Å². The lowest BCUT2D eigenvalue weighted by molar-refractivity contribution is -0.138. The number of nitrogens with one attached hydrogen (secondary N) is 2. The second-order valence-electron chi connectivity index (χ2n) is 13.2. The quantitative estimate of drug-likeness (QED) is 0.227. The fourth-order valence-corrected chi connectivity index (χ4v) is 7.07. The Morgan fingerprint density at radius 3 is 2.33 bits per heavy atom. The van der Waals surface area contributed by atoms with E-state index in [2.05, 4.69) is 32.8 Å². The smallest absolute Gasteiger partial charge is 0.245 e. The zero-order chi connectivity index (χ0) is 34.8. The number of aromatic nitrogens is 2. The van der Waals surface area contributed by atoms with Gasteiger partial charge in [-0.1, -0.05) is 62.6 Å². The largest absolute Gasteiger partial charge is 0.344 e. The standard InChI is InChI=1S/C38H49FN6O4/c1-3-36(47)41-33(38(49)44-21-19-43(20-22-44)26-27-11-7-5-8-12-27)24-28-15-16-32(31(39)23-28)42-37(48)30(29-13-9-6-10-14-29)25-35(46)34-17-18-40-45(34)4-2/h5,7-8,11-12,15-18,23,29-30,33H,3-4,6,9-10,13-14,19-22,24-26H2,1-2H3,(H,41,47)(H,42,48)/t30-,33+/m0/s1. The van der Waals surface area contributed by atoms with Crippen molar-refractivity contribution in [2.24, 2.45) is 11.8 Å². The van der Waals surface area contributed by atoms with Crippen LogP contribution in [0.5, 0.6) is 0 Å². The Morgan fingerprint density at radius 1 is 0.918 bits per heavy atom. The van der Waals surface area contributed by atoms with Crippen LogP contribution in [-0.4, -0.2) is 75.3 Å². The second-order valence-corrected chi connectivity index (χ2v) is 13.2. The number of nitrogens with zero attached hydrogens (tertiary/aromatic N) is 4. The summed E-state index contributed by atoms with van der Waals surface area (Å²) in [4.78, 5) is 57.1. The van der Waals surface area contributed by atoms with Crippen molar-refractivity contribution in [2.75, 3.05) is 31.5 Å². The predicted molar refractivity (Wildman–Crippen MR) is 186 cm³/mol. The Balaban J connectivity index is 1.24. The molecule has 11 heteroatoms. The molecule has 2 aliphatic rings. The van der Waals surface area contributed by atoms with Crippen LogP contribution in [0.4, 0.5) is 10.1 Å². The molecule has 2 fully saturated rings. The molecule has 1 aliphatic heterocycles. The van der Waals surface area contributed by atoms with E-state index in [0.717, 1.165) is 38.6 Å². The Kier molecular flexibility index (Phi) is 12.7. The third kappa shape index (κ3) is 9.62. The molecular weight excluding hydrogens is 623 g/mol. The Morgan fingerprint density at radius 2 is 1.65 bits per heavy atom. The van der Waals surface area contributed by atoms with Gasteiger partial charge >= 0.3 is 0 Å². The first-order valence-electron chi connectivity index (χ1n) is 17.7. The molecule has 2 atom stereocenters. The molecule has 0 spiro atoms. The van der Waals surface area contributed by atoms with Crippen molar-refractivity contribution in [3.63, 3.8) is 0 Å². The molecule has 0 unspecified atom stereocenters. The van der Waals surface area contributed by atoms with Gasteiger partial charge in [0.1, 0.15) is 17.6 Å². The first-order chi connectivity index (χ1) is 23.7. The highest BCUT2D eigenvalue weighted by molar-refractivity contribution is 6.00. The number of rotatable bonds is 14. The fraction of sp³-hybridized carbons (Fsp3) is 0.500. The van der Waals surface area contributed by atoms with Crippen LogP contribution in [0.15, 0.2) is 60.8 Å². The van der Waals surface area contributed by atoms with Crippen LogP contribution in [0, 0.1) is 17.7 Å². The zero-order valence-electron chi connectivity index (χ0n) is 28.7. The summed E-state index contributed by atoms with van der Waals surface area (Å²) in [7, 11) is 0. The number of amides is 3. The SMILES string of the molecule is CCC(=O)N[C@H](Cc1ccc(NC(=O)[C@@H](CC(=O)c2ccnn2CC)C2CCCCC2)c(F)c1)C(=O)N1CCN(Cc2ccccc2)CC1. The molecule has 262 valence electrons. The van der Waals surface area contributed by atoms with Gasteiger partial charge in [0.2, 0.25) is 17.7 Å². The van der Waals surface area contributed by atoms with Gasteiger partial charge in [-0.25, -0.2) is 4.39 Å². The van der Waals surface area contributed by atoms with Crippen molar-refractivity contribution < 1.29 is 23.6 Å². The average Bonchev–Trinajstić information content (AvgIpc) is 3.61. The molecule has 3 aromatic rings. The number of hydrogen-bond acceptors (Lipinski definition) is 6. The molecule has 3 amide bonds. The average molecular weight is 673 g/mol. The van der Waals surface area contributed by atoms with E-state index in [1.165, 1.54) is 17.7 Å². The predicted octanol–water partition coefficient (Wildman–Crippen LogP) is 5.23. The molecule has 2 N–H and O–H groups in total. The Labute approximate surface area is 288 Å². The summed E-state index contributed by atoms with van der Waals surface area (Å²) in [5.41, 5.74) is 2.24. The van der Waals surface area contributed by atoms with Crippen LogP contribution in [0.2, 0.25) is 0 Å². The van der Waals surface area contributed by atoms with E-state index < -0.39 is 17.8 Å². The Hall–Kier alpha value is -4.38. The number of anilines is 1. The number of hydrogen-bond donors (Lipinski definition) is 2. The number of carbonyl (C=O) groups excluding carboxylic acids is 4. The van der Waals surface area contributed by atoms with Crippen molar-refractivity contribution in [1.82, 2.24) is 24.9 Å². The minimum atomic E-state index is -0.841. The number of carbonyl (C=O) groups is 4. The van der Waals surface area contributed by atoms with Gasteiger partial charge in [0.25, 0.3) is 0 Å². The molecule has 1 aromatic heterocycles. The van der Waals surface area contributed by atoms with E-state index in [0.29, 0.717) is 44.0 Å². The maximum atomic E-state index is 15.6. The van der Waals surface area contributed by atoms with Gasteiger partial charge in [-0.15, -0.1) is 0 Å². The van der Waals surface area contributed by atoms with Gasteiger partial charge in [-0.05, 0) is 55.0 Å². The summed E-state index contributed by atoms with van der Waals surface area (Å²) in [6.45, 7) is 7.50. The molecule has 0 radical (unpaired) electrons. The van der Waals surface area contributed by atoms with Crippen molar-refractivity contribution in [2.45, 2.75) is 84.3 Å². The molecule has 0 bridgehead atoms. The highest BCUT2D eigenvalue weighted by Crippen LogP contribution is 2.34. The first-order valence-corrected chi connectivity index (χ1v) is 17.7. The molecule has 2 aromatic carbocycles. The first kappa shape index (κ1) is 35.9. The summed E-state index contributed by atoms with van der Waals surface area (Å²) in [6.07, 6.45) is 6.74. The lowest BCUT2D eigenvalue weighted by Gasteiger charge is -2.36. The van der Waals surface area contributed by atoms with Crippen LogP contribution < -0.4 is 10.6 Å². The van der Waals surface area contributed by atoms with Gasteiger partial charge < -0.3 is 15.5 Å². The van der Waals surface area contributed by atoms with Crippen molar-refractivity contribution in [3.8, 4) is 0 Å². The molecule has 1 saturated carbocycles. The van der Waals surface area contributed by atoms with Crippen LogP contribution >= 0.6 is 0 Å². The summed E-state index contributed by atoms with van der Waals surface area (Å²) in [6, 6.07) is 15.5. The van der Waals surface area contributed by atoms with E-state index in [1.807, 2.05) is 25.1 Å². The lowest BCUT2D eigenvalue weighted by atomic mass is 9.77. The van der Waals surface area contributed by atoms with Gasteiger partial charge in [0, 0.05) is 70.6 Å². The third-order valence-electron chi connectivity index (χ3n) is 9.88. The van der Waals surface area contributed by atoms with Crippen molar-refractivity contribution in [1.29, 1.82) is 0 Å². The molecule has 5 rings (SSSR count). The normalized spacial score (nSPS) is 16.9. The summed E-state index contributed by atoms with van der Waals surface area (Å²) in [5, 5.41) is 9.81. The van der Waals surface area contributed by atoms with Gasteiger partial charge in [-0.3, -0.25) is 28.8 Å². The maximum absolute atomic E-state index is 15.6. The summed E-state index contributed by atoms with van der Waals surface area (Å²) in [5.74, 6) is -2.16. The van der Waals surface area contributed by atoms with E-state index in [1.54, 1.807) is 34.8 Å². The van der Waals surface area contributed by atoms with Crippen LogP contribution in [0.1, 0.15) is 80.4 Å². The minimum absolute atomic E-state index is 0.0237. The number of aryl methyl sites for hydroxylation is 1. The number of halogens is 1. The highest BCUT2D eigenvalue weighted by atomic mass is 19.1. The summed E-state index contributed by atoms with van der Waals surface area (Å²) < 4.78 is 17.2. The summed E-state index contributed by atoms with van der Waals surface area (Å²) >= 11 is 0.